The van der Waals surface area contributed by atoms with E-state index in [2.05, 4.69) is 5.32 Å². The molecular formula is C16H13F4NO2. The lowest BCUT2D eigenvalue weighted by atomic mass is 10.1. The quantitative estimate of drug-likeness (QED) is 0.868. The van der Waals surface area contributed by atoms with Gasteiger partial charge in [0.25, 0.3) is 5.91 Å². The lowest BCUT2D eigenvalue weighted by Crippen LogP contribution is -2.24. The van der Waals surface area contributed by atoms with Gasteiger partial charge in [-0.05, 0) is 29.8 Å². The van der Waals surface area contributed by atoms with Gasteiger partial charge in [0.1, 0.15) is 0 Å². The smallest absolute Gasteiger partial charge is 0.416 e. The molecule has 1 amide bonds. The van der Waals surface area contributed by atoms with Gasteiger partial charge in [0.15, 0.2) is 11.6 Å². The van der Waals surface area contributed by atoms with E-state index in [-0.39, 0.29) is 23.4 Å². The van der Waals surface area contributed by atoms with Gasteiger partial charge >= 0.3 is 6.18 Å². The first-order chi connectivity index (χ1) is 10.8. The number of carbonyl (C=O) groups is 1. The number of alkyl halides is 3. The molecule has 7 heteroatoms. The molecule has 0 spiro atoms. The Morgan fingerprint density at radius 1 is 1.17 bits per heavy atom. The molecule has 0 atom stereocenters. The highest BCUT2D eigenvalue weighted by Gasteiger charge is 2.32. The Kier molecular flexibility index (Phi) is 4.88. The second-order valence-electron chi connectivity index (χ2n) is 4.69. The minimum absolute atomic E-state index is 0.00668. The second-order valence-corrected chi connectivity index (χ2v) is 4.69. The van der Waals surface area contributed by atoms with Crippen molar-refractivity contribution in [2.45, 2.75) is 12.7 Å². The van der Waals surface area contributed by atoms with E-state index in [1.165, 1.54) is 37.4 Å². The Hall–Kier alpha value is -2.57. The summed E-state index contributed by atoms with van der Waals surface area (Å²) in [7, 11) is 1.28. The molecular weight excluding hydrogens is 314 g/mol. The van der Waals surface area contributed by atoms with Gasteiger partial charge in [0.05, 0.1) is 12.7 Å². The number of methoxy groups -OCH3 is 1. The lowest BCUT2D eigenvalue weighted by molar-refractivity contribution is -0.138. The van der Waals surface area contributed by atoms with Gasteiger partial charge in [-0.1, -0.05) is 18.2 Å². The number of hydrogen-bond acceptors (Lipinski definition) is 2. The number of halogens is 4. The van der Waals surface area contributed by atoms with Gasteiger partial charge in [-0.25, -0.2) is 4.39 Å². The minimum Gasteiger partial charge on any atom is -0.494 e. The largest absolute Gasteiger partial charge is 0.494 e. The van der Waals surface area contributed by atoms with Crippen molar-refractivity contribution in [2.75, 3.05) is 7.11 Å². The molecule has 0 aliphatic carbocycles. The summed E-state index contributed by atoms with van der Waals surface area (Å²) in [5.41, 5.74) is -0.892. The molecule has 0 saturated carbocycles. The second kappa shape index (κ2) is 6.68. The van der Waals surface area contributed by atoms with E-state index in [9.17, 15) is 22.4 Å². The van der Waals surface area contributed by atoms with Crippen LogP contribution in [0, 0.1) is 5.82 Å². The zero-order valence-electron chi connectivity index (χ0n) is 12.1. The molecule has 0 aromatic heterocycles. The molecule has 2 aromatic rings. The summed E-state index contributed by atoms with van der Waals surface area (Å²) in [5.74, 6) is -1.43. The molecule has 0 heterocycles. The summed E-state index contributed by atoms with van der Waals surface area (Å²) in [6, 6.07) is 8.49. The zero-order chi connectivity index (χ0) is 17.0. The van der Waals surface area contributed by atoms with Crippen molar-refractivity contribution < 1.29 is 27.1 Å². The summed E-state index contributed by atoms with van der Waals surface area (Å²) in [6.45, 7) is -0.317. The molecule has 2 aromatic carbocycles. The Morgan fingerprint density at radius 2 is 1.87 bits per heavy atom. The predicted molar refractivity (Wildman–Crippen MR) is 75.6 cm³/mol. The molecule has 23 heavy (non-hydrogen) atoms. The van der Waals surface area contributed by atoms with Crippen molar-refractivity contribution in [3.63, 3.8) is 0 Å². The number of benzene rings is 2. The van der Waals surface area contributed by atoms with Crippen molar-refractivity contribution in [2.24, 2.45) is 0 Å². The number of carbonyl (C=O) groups excluding carboxylic acids is 1. The van der Waals surface area contributed by atoms with Crippen LogP contribution in [0.25, 0.3) is 0 Å². The van der Waals surface area contributed by atoms with Gasteiger partial charge in [-0.2, -0.15) is 13.2 Å². The molecule has 0 unspecified atom stereocenters. The molecule has 1 N–H and O–H groups in total. The first kappa shape index (κ1) is 16.8. The van der Waals surface area contributed by atoms with Crippen molar-refractivity contribution in [3.8, 4) is 5.75 Å². The van der Waals surface area contributed by atoms with Gasteiger partial charge in [-0.15, -0.1) is 0 Å². The average Bonchev–Trinajstić information content (AvgIpc) is 2.52. The Labute approximate surface area is 129 Å². The maximum absolute atomic E-state index is 13.5. The normalized spacial score (nSPS) is 11.2. The van der Waals surface area contributed by atoms with E-state index in [0.717, 1.165) is 12.1 Å². The van der Waals surface area contributed by atoms with Crippen LogP contribution in [0.3, 0.4) is 0 Å². The zero-order valence-corrected chi connectivity index (χ0v) is 12.1. The Morgan fingerprint density at radius 3 is 2.48 bits per heavy atom. The summed E-state index contributed by atoms with van der Waals surface area (Å²) in [5, 5.41) is 2.35. The van der Waals surface area contributed by atoms with E-state index >= 15 is 0 Å². The van der Waals surface area contributed by atoms with Crippen LogP contribution < -0.4 is 10.1 Å². The number of rotatable bonds is 4. The fraction of sp³-hybridized carbons (Fsp3) is 0.188. The number of amides is 1. The van der Waals surface area contributed by atoms with Crippen LogP contribution in [0.15, 0.2) is 42.5 Å². The minimum atomic E-state index is -4.51. The molecule has 3 nitrogen and oxygen atoms in total. The number of nitrogens with one attached hydrogen (secondary N) is 1. The maximum Gasteiger partial charge on any atom is 0.416 e. The first-order valence-corrected chi connectivity index (χ1v) is 6.59. The van der Waals surface area contributed by atoms with Crippen LogP contribution in [0.5, 0.6) is 5.75 Å². The highest BCUT2D eigenvalue weighted by Crippen LogP contribution is 2.31. The third-order valence-corrected chi connectivity index (χ3v) is 3.18. The van der Waals surface area contributed by atoms with Crippen LogP contribution in [0.2, 0.25) is 0 Å². The molecule has 0 saturated heterocycles. The van der Waals surface area contributed by atoms with Gasteiger partial charge in [0, 0.05) is 12.1 Å². The topological polar surface area (TPSA) is 38.3 Å². The molecule has 0 fully saturated rings. The van der Waals surface area contributed by atoms with Crippen LogP contribution in [-0.2, 0) is 12.7 Å². The van der Waals surface area contributed by atoms with Crippen molar-refractivity contribution in [1.82, 2.24) is 5.32 Å². The SMILES string of the molecule is COc1ccc(C(=O)NCc2ccccc2C(F)(F)F)cc1F. The fourth-order valence-corrected chi connectivity index (χ4v) is 2.04. The van der Waals surface area contributed by atoms with Crippen LogP contribution >= 0.6 is 0 Å². The fourth-order valence-electron chi connectivity index (χ4n) is 2.04. The molecule has 0 bridgehead atoms. The maximum atomic E-state index is 13.5. The Balaban J connectivity index is 2.13. The Bertz CT molecular complexity index is 713. The molecule has 0 aliphatic rings. The molecule has 0 aliphatic heterocycles. The summed E-state index contributed by atoms with van der Waals surface area (Å²) >= 11 is 0. The lowest BCUT2D eigenvalue weighted by Gasteiger charge is -2.13. The number of hydrogen-bond donors (Lipinski definition) is 1. The van der Waals surface area contributed by atoms with E-state index in [0.29, 0.717) is 0 Å². The third kappa shape index (κ3) is 4.00. The van der Waals surface area contributed by atoms with Crippen molar-refractivity contribution >= 4 is 5.91 Å². The van der Waals surface area contributed by atoms with Crippen LogP contribution in [0.1, 0.15) is 21.5 Å². The van der Waals surface area contributed by atoms with Crippen molar-refractivity contribution in [1.29, 1.82) is 0 Å². The highest BCUT2D eigenvalue weighted by atomic mass is 19.4. The van der Waals surface area contributed by atoms with Gasteiger partial charge < -0.3 is 10.1 Å². The van der Waals surface area contributed by atoms with Gasteiger partial charge in [-0.3, -0.25) is 4.79 Å². The van der Waals surface area contributed by atoms with Crippen LogP contribution in [-0.4, -0.2) is 13.0 Å². The highest BCUT2D eigenvalue weighted by molar-refractivity contribution is 5.94. The van der Waals surface area contributed by atoms with Gasteiger partial charge in [0.2, 0.25) is 0 Å². The molecule has 122 valence electrons. The molecule has 2 rings (SSSR count). The van der Waals surface area contributed by atoms with E-state index in [1.807, 2.05) is 0 Å². The standard InChI is InChI=1S/C16H13F4NO2/c1-23-14-7-6-10(8-13(14)17)15(22)21-9-11-4-2-3-5-12(11)16(18,19)20/h2-8H,9H2,1H3,(H,21,22). The third-order valence-electron chi connectivity index (χ3n) is 3.18. The van der Waals surface area contributed by atoms with Crippen LogP contribution in [0.4, 0.5) is 17.6 Å². The predicted octanol–water partition coefficient (Wildman–Crippen LogP) is 3.78. The van der Waals surface area contributed by atoms with E-state index in [1.54, 1.807) is 0 Å². The number of ether oxygens (including phenoxy) is 1. The van der Waals surface area contributed by atoms with E-state index < -0.39 is 23.5 Å². The monoisotopic (exact) mass is 327 g/mol. The van der Waals surface area contributed by atoms with Crippen molar-refractivity contribution in [3.05, 3.63) is 65.0 Å². The van der Waals surface area contributed by atoms with E-state index in [4.69, 9.17) is 4.74 Å². The molecule has 0 radical (unpaired) electrons. The first-order valence-electron chi connectivity index (χ1n) is 6.59. The summed E-state index contributed by atoms with van der Waals surface area (Å²) < 4.78 is 56.8. The summed E-state index contributed by atoms with van der Waals surface area (Å²) in [6.07, 6.45) is -4.51. The average molecular weight is 327 g/mol. The summed E-state index contributed by atoms with van der Waals surface area (Å²) in [4.78, 5) is 11.9.